The van der Waals surface area contributed by atoms with Crippen LogP contribution in [-0.2, 0) is 6.42 Å². The van der Waals surface area contributed by atoms with Crippen LogP contribution in [0.5, 0.6) is 11.5 Å². The molecule has 2 heteroatoms. The number of unbranched alkanes of at least 4 members (excludes halogenated alkanes) is 1. The van der Waals surface area contributed by atoms with Gasteiger partial charge in [-0.2, -0.15) is 0 Å². The van der Waals surface area contributed by atoms with Gasteiger partial charge in [0.25, 0.3) is 0 Å². The number of aromatic hydroxyl groups is 2. The van der Waals surface area contributed by atoms with Gasteiger partial charge in [-0.1, -0.05) is 25.5 Å². The van der Waals surface area contributed by atoms with E-state index >= 15 is 0 Å². The van der Waals surface area contributed by atoms with Gasteiger partial charge in [-0.05, 0) is 49.8 Å². The zero-order valence-electron chi connectivity index (χ0n) is 11.0. The highest BCUT2D eigenvalue weighted by Gasteiger charge is 2.15. The maximum atomic E-state index is 10.0. The van der Waals surface area contributed by atoms with Crippen LogP contribution in [0.4, 0.5) is 0 Å². The van der Waals surface area contributed by atoms with E-state index in [0.717, 1.165) is 37.7 Å². The number of phenolic OH excluding ortho intramolecular Hbond substituents is 2. The third-order valence-corrected chi connectivity index (χ3v) is 3.69. The lowest BCUT2D eigenvalue weighted by Crippen LogP contribution is -2.00. The molecule has 18 heavy (non-hydrogen) atoms. The van der Waals surface area contributed by atoms with Crippen LogP contribution in [0.15, 0.2) is 24.3 Å². The Hall–Kier alpha value is -1.44. The second-order valence-electron chi connectivity index (χ2n) is 5.11. The van der Waals surface area contributed by atoms with Crippen LogP contribution in [0, 0.1) is 0 Å². The number of rotatable bonds is 4. The number of phenols is 2. The monoisotopic (exact) mass is 246 g/mol. The molecule has 0 bridgehead atoms. The highest BCUT2D eigenvalue weighted by atomic mass is 16.3. The molecule has 1 aliphatic carbocycles. The van der Waals surface area contributed by atoms with Crippen molar-refractivity contribution in [1.82, 2.24) is 0 Å². The summed E-state index contributed by atoms with van der Waals surface area (Å²) in [7, 11) is 0. The van der Waals surface area contributed by atoms with Gasteiger partial charge in [0.05, 0.1) is 0 Å². The van der Waals surface area contributed by atoms with E-state index in [0.29, 0.717) is 11.5 Å². The Morgan fingerprint density at radius 2 is 1.94 bits per heavy atom. The van der Waals surface area contributed by atoms with Crippen molar-refractivity contribution >= 4 is 0 Å². The first kappa shape index (κ1) is 13.0. The van der Waals surface area contributed by atoms with E-state index in [1.807, 2.05) is 12.1 Å². The maximum absolute atomic E-state index is 10.0. The van der Waals surface area contributed by atoms with Crippen LogP contribution in [-0.4, -0.2) is 10.2 Å². The van der Waals surface area contributed by atoms with Gasteiger partial charge in [0, 0.05) is 11.5 Å². The zero-order valence-corrected chi connectivity index (χ0v) is 11.0. The van der Waals surface area contributed by atoms with Gasteiger partial charge in [0.2, 0.25) is 0 Å². The van der Waals surface area contributed by atoms with E-state index in [1.165, 1.54) is 6.42 Å². The fourth-order valence-electron chi connectivity index (χ4n) is 2.58. The second kappa shape index (κ2) is 5.94. The minimum atomic E-state index is 0.248. The molecule has 1 unspecified atom stereocenters. The van der Waals surface area contributed by atoms with Gasteiger partial charge >= 0.3 is 0 Å². The van der Waals surface area contributed by atoms with E-state index < -0.39 is 0 Å². The highest BCUT2D eigenvalue weighted by molar-refractivity contribution is 5.48. The van der Waals surface area contributed by atoms with Crippen molar-refractivity contribution in [3.8, 4) is 11.5 Å². The summed E-state index contributed by atoms with van der Waals surface area (Å²) in [6.45, 7) is 2.11. The third kappa shape index (κ3) is 2.87. The summed E-state index contributed by atoms with van der Waals surface area (Å²) in [5, 5.41) is 20.1. The largest absolute Gasteiger partial charge is 0.508 e. The van der Waals surface area contributed by atoms with Crippen LogP contribution in [0.1, 0.15) is 56.1 Å². The summed E-state index contributed by atoms with van der Waals surface area (Å²) in [5.41, 5.74) is 1.72. The van der Waals surface area contributed by atoms with E-state index in [2.05, 4.69) is 19.1 Å². The van der Waals surface area contributed by atoms with Crippen molar-refractivity contribution in [2.24, 2.45) is 0 Å². The Labute approximate surface area is 109 Å². The van der Waals surface area contributed by atoms with Crippen molar-refractivity contribution < 1.29 is 10.2 Å². The zero-order chi connectivity index (χ0) is 13.0. The van der Waals surface area contributed by atoms with E-state index in [4.69, 9.17) is 0 Å². The average molecular weight is 246 g/mol. The molecule has 0 spiro atoms. The highest BCUT2D eigenvalue weighted by Crippen LogP contribution is 2.36. The normalized spacial score (nSPS) is 19.1. The number of allylic oxidation sites excluding steroid dienone is 2. The summed E-state index contributed by atoms with van der Waals surface area (Å²) in [4.78, 5) is 0. The summed E-state index contributed by atoms with van der Waals surface area (Å²) >= 11 is 0. The molecule has 0 aromatic heterocycles. The molecule has 1 atom stereocenters. The van der Waals surface area contributed by atoms with Crippen molar-refractivity contribution in [3.05, 3.63) is 35.4 Å². The average Bonchev–Trinajstić information content (AvgIpc) is 2.39. The minimum Gasteiger partial charge on any atom is -0.508 e. The van der Waals surface area contributed by atoms with Gasteiger partial charge in [-0.15, -0.1) is 0 Å². The summed E-state index contributed by atoms with van der Waals surface area (Å²) in [6, 6.07) is 3.65. The maximum Gasteiger partial charge on any atom is 0.122 e. The first-order valence-corrected chi connectivity index (χ1v) is 6.93. The fourth-order valence-corrected chi connectivity index (χ4v) is 2.58. The van der Waals surface area contributed by atoms with Crippen LogP contribution < -0.4 is 0 Å². The number of hydrogen-bond donors (Lipinski definition) is 2. The molecule has 2 N–H and O–H groups in total. The Morgan fingerprint density at radius 1 is 1.22 bits per heavy atom. The van der Waals surface area contributed by atoms with Gasteiger partial charge in [0.15, 0.2) is 0 Å². The molecule has 0 radical (unpaired) electrons. The summed E-state index contributed by atoms with van der Waals surface area (Å²) < 4.78 is 0. The fraction of sp³-hybridized carbons (Fsp3) is 0.500. The van der Waals surface area contributed by atoms with E-state index in [1.54, 1.807) is 0 Å². The smallest absolute Gasteiger partial charge is 0.122 e. The van der Waals surface area contributed by atoms with Crippen molar-refractivity contribution in [2.75, 3.05) is 0 Å². The lowest BCUT2D eigenvalue weighted by molar-refractivity contribution is 0.434. The minimum absolute atomic E-state index is 0.248. The van der Waals surface area contributed by atoms with E-state index in [9.17, 15) is 10.2 Å². The molecule has 98 valence electrons. The molecule has 1 aromatic carbocycles. The number of hydrogen-bond acceptors (Lipinski definition) is 2. The van der Waals surface area contributed by atoms with E-state index in [-0.39, 0.29) is 11.5 Å². The Balaban J connectivity index is 2.24. The van der Waals surface area contributed by atoms with Crippen LogP contribution in [0.25, 0.3) is 0 Å². The third-order valence-electron chi connectivity index (χ3n) is 3.69. The van der Waals surface area contributed by atoms with Crippen LogP contribution in [0.3, 0.4) is 0 Å². The summed E-state index contributed by atoms with van der Waals surface area (Å²) in [6.07, 6.45) is 10.6. The first-order chi connectivity index (χ1) is 8.72. The van der Waals surface area contributed by atoms with Gasteiger partial charge in [0.1, 0.15) is 11.5 Å². The molecule has 0 saturated carbocycles. The molecular formula is C16H22O2. The summed E-state index contributed by atoms with van der Waals surface area (Å²) in [5.74, 6) is 0.839. The quantitative estimate of drug-likeness (QED) is 0.779. The molecular weight excluding hydrogens is 224 g/mol. The Bertz CT molecular complexity index is 412. The van der Waals surface area contributed by atoms with Crippen LogP contribution >= 0.6 is 0 Å². The van der Waals surface area contributed by atoms with Crippen molar-refractivity contribution in [1.29, 1.82) is 0 Å². The second-order valence-corrected chi connectivity index (χ2v) is 5.11. The topological polar surface area (TPSA) is 40.5 Å². The standard InChI is InChI=1S/C16H22O2/c1-2-3-9-14-15(17)10-13(11-16(14)18)12-7-5-4-6-8-12/h5,7,10-12,17-18H,2-4,6,8-9H2,1H3. The molecule has 0 aliphatic heterocycles. The van der Waals surface area contributed by atoms with Gasteiger partial charge < -0.3 is 10.2 Å². The number of benzene rings is 1. The molecule has 2 rings (SSSR count). The van der Waals surface area contributed by atoms with Gasteiger partial charge in [-0.3, -0.25) is 0 Å². The lowest BCUT2D eigenvalue weighted by Gasteiger charge is -2.18. The first-order valence-electron chi connectivity index (χ1n) is 6.93. The molecule has 1 aromatic rings. The lowest BCUT2D eigenvalue weighted by atomic mass is 9.88. The van der Waals surface area contributed by atoms with Gasteiger partial charge in [-0.25, -0.2) is 0 Å². The molecule has 0 amide bonds. The predicted molar refractivity (Wildman–Crippen MR) is 74.1 cm³/mol. The predicted octanol–water partition coefficient (Wildman–Crippen LogP) is 4.26. The van der Waals surface area contributed by atoms with Crippen molar-refractivity contribution in [3.63, 3.8) is 0 Å². The molecule has 0 heterocycles. The molecule has 2 nitrogen and oxygen atoms in total. The van der Waals surface area contributed by atoms with Crippen molar-refractivity contribution in [2.45, 2.75) is 51.4 Å². The Morgan fingerprint density at radius 3 is 2.50 bits per heavy atom. The van der Waals surface area contributed by atoms with Crippen LogP contribution in [0.2, 0.25) is 0 Å². The Kier molecular flexibility index (Phi) is 4.29. The SMILES string of the molecule is CCCCc1c(O)cc(C2C=CCCC2)cc1O. The molecule has 0 saturated heterocycles. The molecule has 1 aliphatic rings. The molecule has 0 fully saturated rings.